The summed E-state index contributed by atoms with van der Waals surface area (Å²) in [4.78, 5) is 17.8. The van der Waals surface area contributed by atoms with Crippen LogP contribution >= 0.6 is 11.8 Å². The largest absolute Gasteiger partial charge is 0.493 e. The second kappa shape index (κ2) is 10.2. The summed E-state index contributed by atoms with van der Waals surface area (Å²) in [6.45, 7) is 4.04. The highest BCUT2D eigenvalue weighted by atomic mass is 32.2. The number of hydrogen-bond acceptors (Lipinski definition) is 5. The third kappa shape index (κ3) is 5.53. The van der Waals surface area contributed by atoms with Crippen LogP contribution in [0.15, 0.2) is 64.9 Å². The van der Waals surface area contributed by atoms with Crippen molar-refractivity contribution in [3.05, 3.63) is 65.6 Å². The highest BCUT2D eigenvalue weighted by Gasteiger charge is 2.20. The first-order chi connectivity index (χ1) is 13.7. The number of ether oxygens (including phenoxy) is 2. The quantitative estimate of drug-likeness (QED) is 0.526. The molecule has 0 N–H and O–H groups in total. The van der Waals surface area contributed by atoms with Crippen LogP contribution in [0.5, 0.6) is 11.5 Å². The second-order valence-electron chi connectivity index (χ2n) is 6.52. The van der Waals surface area contributed by atoms with Crippen LogP contribution in [0.3, 0.4) is 0 Å². The van der Waals surface area contributed by atoms with E-state index in [2.05, 4.69) is 11.0 Å². The number of piperazine rings is 1. The van der Waals surface area contributed by atoms with Crippen LogP contribution in [0, 0.1) is 0 Å². The molecule has 28 heavy (non-hydrogen) atoms. The SMILES string of the molecule is COc1ccc(CN2CCN(C(=O)/C=C/Sc3ccccc3)CC2)cc1OC. The summed E-state index contributed by atoms with van der Waals surface area (Å²) in [5, 5.41) is 1.87. The first-order valence-electron chi connectivity index (χ1n) is 9.30. The Morgan fingerprint density at radius 1 is 1.00 bits per heavy atom. The lowest BCUT2D eigenvalue weighted by molar-refractivity contribution is -0.127. The number of methoxy groups -OCH3 is 2. The highest BCUT2D eigenvalue weighted by Crippen LogP contribution is 2.28. The van der Waals surface area contributed by atoms with Gasteiger partial charge in [0.2, 0.25) is 5.91 Å². The topological polar surface area (TPSA) is 42.0 Å². The standard InChI is InChI=1S/C22H26N2O3S/c1-26-20-9-8-18(16-21(20)27-2)17-23-11-13-24(14-12-23)22(25)10-15-28-19-6-4-3-5-7-19/h3-10,15-16H,11-14,17H2,1-2H3/b15-10+. The Bertz CT molecular complexity index is 803. The zero-order chi connectivity index (χ0) is 19.8. The number of hydrogen-bond donors (Lipinski definition) is 0. The molecule has 1 saturated heterocycles. The van der Waals surface area contributed by atoms with Crippen molar-refractivity contribution in [3.8, 4) is 11.5 Å². The molecule has 2 aromatic carbocycles. The number of carbonyl (C=O) groups excluding carboxylic acids is 1. The van der Waals surface area contributed by atoms with E-state index in [0.29, 0.717) is 0 Å². The number of nitrogens with zero attached hydrogens (tertiary/aromatic N) is 2. The Morgan fingerprint density at radius 2 is 1.71 bits per heavy atom. The highest BCUT2D eigenvalue weighted by molar-refractivity contribution is 8.02. The molecule has 0 unspecified atom stereocenters. The molecule has 0 aromatic heterocycles. The van der Waals surface area contributed by atoms with Crippen LogP contribution in [0.1, 0.15) is 5.56 Å². The molecule has 0 bridgehead atoms. The normalized spacial score (nSPS) is 15.0. The van der Waals surface area contributed by atoms with Gasteiger partial charge in [-0.15, -0.1) is 0 Å². The number of thioether (sulfide) groups is 1. The minimum Gasteiger partial charge on any atom is -0.493 e. The van der Waals surface area contributed by atoms with Crippen LogP contribution < -0.4 is 9.47 Å². The molecule has 148 valence electrons. The average Bonchev–Trinajstić information content (AvgIpc) is 2.75. The van der Waals surface area contributed by atoms with Crippen LogP contribution in [0.25, 0.3) is 0 Å². The summed E-state index contributed by atoms with van der Waals surface area (Å²) in [5.41, 5.74) is 1.18. The summed E-state index contributed by atoms with van der Waals surface area (Å²) in [6, 6.07) is 16.1. The third-order valence-corrected chi connectivity index (χ3v) is 5.51. The van der Waals surface area contributed by atoms with Crippen molar-refractivity contribution in [2.24, 2.45) is 0 Å². The third-order valence-electron chi connectivity index (χ3n) is 4.70. The molecule has 5 nitrogen and oxygen atoms in total. The van der Waals surface area contributed by atoms with E-state index in [1.807, 2.05) is 52.8 Å². The summed E-state index contributed by atoms with van der Waals surface area (Å²) in [6.07, 6.45) is 1.67. The first kappa shape index (κ1) is 20.3. The molecule has 0 atom stereocenters. The van der Waals surface area contributed by atoms with E-state index < -0.39 is 0 Å². The van der Waals surface area contributed by atoms with E-state index >= 15 is 0 Å². The maximum Gasteiger partial charge on any atom is 0.247 e. The van der Waals surface area contributed by atoms with Gasteiger partial charge in [0.15, 0.2) is 11.5 Å². The van der Waals surface area contributed by atoms with E-state index in [9.17, 15) is 4.79 Å². The summed E-state index contributed by atoms with van der Waals surface area (Å²) >= 11 is 1.56. The maximum atomic E-state index is 12.4. The lowest BCUT2D eigenvalue weighted by Gasteiger charge is -2.34. The predicted molar refractivity (Wildman–Crippen MR) is 113 cm³/mol. The molecule has 0 saturated carbocycles. The predicted octanol–water partition coefficient (Wildman–Crippen LogP) is 3.65. The molecule has 2 aromatic rings. The number of carbonyl (C=O) groups is 1. The Hall–Kier alpha value is -2.44. The van der Waals surface area contributed by atoms with Gasteiger partial charge in [-0.25, -0.2) is 0 Å². The maximum absolute atomic E-state index is 12.4. The Labute approximate surface area is 170 Å². The van der Waals surface area contributed by atoms with Gasteiger partial charge in [-0.2, -0.15) is 0 Å². The Morgan fingerprint density at radius 3 is 2.39 bits per heavy atom. The molecule has 1 aliphatic rings. The molecule has 0 aliphatic carbocycles. The monoisotopic (exact) mass is 398 g/mol. The van der Waals surface area contributed by atoms with E-state index in [4.69, 9.17) is 9.47 Å². The Balaban J connectivity index is 1.47. The number of benzene rings is 2. The molecule has 1 fully saturated rings. The molecule has 3 rings (SSSR count). The molecule has 1 heterocycles. The van der Waals surface area contributed by atoms with Gasteiger partial charge in [-0.1, -0.05) is 36.0 Å². The van der Waals surface area contributed by atoms with Crippen molar-refractivity contribution < 1.29 is 14.3 Å². The molecule has 6 heteroatoms. The smallest absolute Gasteiger partial charge is 0.247 e. The minimum atomic E-state index is 0.0780. The molecule has 0 spiro atoms. The fourth-order valence-electron chi connectivity index (χ4n) is 3.14. The van der Waals surface area contributed by atoms with E-state index in [-0.39, 0.29) is 5.91 Å². The average molecular weight is 399 g/mol. The van der Waals surface area contributed by atoms with Crippen molar-refractivity contribution >= 4 is 17.7 Å². The number of rotatable bonds is 7. The fourth-order valence-corrected chi connectivity index (χ4v) is 3.79. The van der Waals surface area contributed by atoms with Gasteiger partial charge in [-0.3, -0.25) is 9.69 Å². The van der Waals surface area contributed by atoms with Crippen molar-refractivity contribution in [2.45, 2.75) is 11.4 Å². The first-order valence-corrected chi connectivity index (χ1v) is 10.2. The second-order valence-corrected chi connectivity index (χ2v) is 7.50. The molecule has 1 aliphatic heterocycles. The summed E-state index contributed by atoms with van der Waals surface area (Å²) in [5.74, 6) is 1.56. The van der Waals surface area contributed by atoms with Gasteiger partial charge >= 0.3 is 0 Å². The number of amides is 1. The van der Waals surface area contributed by atoms with Gasteiger partial charge in [0.05, 0.1) is 14.2 Å². The van der Waals surface area contributed by atoms with Gasteiger partial charge in [0.25, 0.3) is 0 Å². The lowest BCUT2D eigenvalue weighted by atomic mass is 10.1. The van der Waals surface area contributed by atoms with Gasteiger partial charge < -0.3 is 14.4 Å². The van der Waals surface area contributed by atoms with Crippen LogP contribution in [-0.2, 0) is 11.3 Å². The summed E-state index contributed by atoms with van der Waals surface area (Å²) in [7, 11) is 3.29. The van der Waals surface area contributed by atoms with Crippen molar-refractivity contribution in [2.75, 3.05) is 40.4 Å². The zero-order valence-electron chi connectivity index (χ0n) is 16.3. The molecule has 0 radical (unpaired) electrons. The van der Waals surface area contributed by atoms with Crippen molar-refractivity contribution in [3.63, 3.8) is 0 Å². The van der Waals surface area contributed by atoms with E-state index in [1.165, 1.54) is 5.56 Å². The van der Waals surface area contributed by atoms with Crippen LogP contribution in [0.4, 0.5) is 0 Å². The zero-order valence-corrected chi connectivity index (χ0v) is 17.2. The van der Waals surface area contributed by atoms with Crippen LogP contribution in [0.2, 0.25) is 0 Å². The summed E-state index contributed by atoms with van der Waals surface area (Å²) < 4.78 is 10.7. The molecular weight excluding hydrogens is 372 g/mol. The van der Waals surface area contributed by atoms with E-state index in [0.717, 1.165) is 49.1 Å². The van der Waals surface area contributed by atoms with Gasteiger partial charge in [-0.05, 0) is 35.2 Å². The van der Waals surface area contributed by atoms with Crippen LogP contribution in [-0.4, -0.2) is 56.1 Å². The van der Waals surface area contributed by atoms with Gasteiger partial charge in [0, 0.05) is 43.7 Å². The lowest BCUT2D eigenvalue weighted by Crippen LogP contribution is -2.47. The molecular formula is C22H26N2O3S. The molecule has 1 amide bonds. The fraction of sp³-hybridized carbons (Fsp3) is 0.318. The van der Waals surface area contributed by atoms with Gasteiger partial charge in [0.1, 0.15) is 0 Å². The van der Waals surface area contributed by atoms with E-state index in [1.54, 1.807) is 32.1 Å². The van der Waals surface area contributed by atoms with Crippen molar-refractivity contribution in [1.29, 1.82) is 0 Å². The Kier molecular flexibility index (Phi) is 7.39. The van der Waals surface area contributed by atoms with Crippen molar-refractivity contribution in [1.82, 2.24) is 9.80 Å². The minimum absolute atomic E-state index is 0.0780.